The van der Waals surface area contributed by atoms with E-state index < -0.39 is 5.60 Å². The Balaban J connectivity index is 1.43. The predicted octanol–water partition coefficient (Wildman–Crippen LogP) is 0.865. The second kappa shape index (κ2) is 7.76. The van der Waals surface area contributed by atoms with E-state index in [0.717, 1.165) is 70.6 Å². The highest BCUT2D eigenvalue weighted by atomic mass is 16.3. The molecule has 0 radical (unpaired) electrons. The van der Waals surface area contributed by atoms with Crippen LogP contribution in [0.25, 0.3) is 0 Å². The van der Waals surface area contributed by atoms with Gasteiger partial charge in [0.25, 0.3) is 5.56 Å². The molecule has 1 saturated carbocycles. The molecule has 6 nitrogen and oxygen atoms in total. The van der Waals surface area contributed by atoms with Crippen LogP contribution in [0.2, 0.25) is 0 Å². The number of nitrogens with zero attached hydrogens (tertiary/aromatic N) is 4. The first-order valence-corrected chi connectivity index (χ1v) is 9.26. The van der Waals surface area contributed by atoms with Gasteiger partial charge >= 0.3 is 0 Å². The van der Waals surface area contributed by atoms with Crippen LogP contribution in [0.15, 0.2) is 16.9 Å². The summed E-state index contributed by atoms with van der Waals surface area (Å²) < 4.78 is 1.56. The third-order valence-corrected chi connectivity index (χ3v) is 5.40. The molecule has 1 N–H and O–H groups in total. The molecule has 134 valence electrons. The van der Waals surface area contributed by atoms with Gasteiger partial charge < -0.3 is 5.11 Å². The van der Waals surface area contributed by atoms with E-state index in [9.17, 15) is 9.90 Å². The fraction of sp³-hybridized carbons (Fsp3) is 0.778. The number of hydrogen-bond donors (Lipinski definition) is 1. The Morgan fingerprint density at radius 2 is 1.71 bits per heavy atom. The molecule has 0 amide bonds. The molecule has 0 spiro atoms. The van der Waals surface area contributed by atoms with E-state index in [1.165, 1.54) is 6.42 Å². The average molecular weight is 334 g/mol. The van der Waals surface area contributed by atoms with Crippen LogP contribution in [0, 0.1) is 6.92 Å². The first-order chi connectivity index (χ1) is 11.5. The Labute approximate surface area is 144 Å². The minimum absolute atomic E-state index is 0.0289. The molecule has 0 unspecified atom stereocenters. The van der Waals surface area contributed by atoms with Crippen LogP contribution in [0.5, 0.6) is 0 Å². The highest BCUT2D eigenvalue weighted by Crippen LogP contribution is 2.29. The van der Waals surface area contributed by atoms with Crippen molar-refractivity contribution in [1.82, 2.24) is 19.6 Å². The summed E-state index contributed by atoms with van der Waals surface area (Å²) in [5, 5.41) is 15.0. The van der Waals surface area contributed by atoms with Crippen LogP contribution >= 0.6 is 0 Å². The second-order valence-corrected chi connectivity index (χ2v) is 7.44. The number of aryl methyl sites for hydroxylation is 1. The fourth-order valence-corrected chi connectivity index (χ4v) is 3.90. The number of β-amino-alcohol motifs (C(OH)–C–C–N with tert-alkyl or cyclic N) is 1. The van der Waals surface area contributed by atoms with Gasteiger partial charge in [0.15, 0.2) is 0 Å². The molecular formula is C18H30N4O2. The van der Waals surface area contributed by atoms with Crippen molar-refractivity contribution >= 4 is 0 Å². The maximum Gasteiger partial charge on any atom is 0.266 e. The SMILES string of the molecule is Cc1ccc(=O)n(CCN2CCN(CC3(O)CCCCC3)CC2)n1. The molecule has 0 aromatic carbocycles. The summed E-state index contributed by atoms with van der Waals surface area (Å²) in [6.07, 6.45) is 5.50. The lowest BCUT2D eigenvalue weighted by Gasteiger charge is -2.41. The van der Waals surface area contributed by atoms with Gasteiger partial charge in [-0.1, -0.05) is 19.3 Å². The van der Waals surface area contributed by atoms with Gasteiger partial charge in [0.05, 0.1) is 17.8 Å². The van der Waals surface area contributed by atoms with Gasteiger partial charge in [-0.3, -0.25) is 14.6 Å². The van der Waals surface area contributed by atoms with Crippen LogP contribution in [-0.4, -0.2) is 69.6 Å². The van der Waals surface area contributed by atoms with Gasteiger partial charge in [0, 0.05) is 45.3 Å². The van der Waals surface area contributed by atoms with Crippen LogP contribution in [0.3, 0.4) is 0 Å². The molecule has 2 fully saturated rings. The van der Waals surface area contributed by atoms with Crippen LogP contribution < -0.4 is 5.56 Å². The van der Waals surface area contributed by atoms with E-state index >= 15 is 0 Å². The van der Waals surface area contributed by atoms with Gasteiger partial charge in [-0.25, -0.2) is 4.68 Å². The standard InChI is InChI=1S/C18H30N4O2/c1-16-5-6-17(23)22(19-16)14-13-20-9-11-21(12-10-20)15-18(24)7-3-2-4-8-18/h5-6,24H,2-4,7-15H2,1H3. The molecule has 0 bridgehead atoms. The smallest absolute Gasteiger partial charge is 0.266 e. The van der Waals surface area contributed by atoms with Gasteiger partial charge in [-0.05, 0) is 25.8 Å². The summed E-state index contributed by atoms with van der Waals surface area (Å²) in [7, 11) is 0. The van der Waals surface area contributed by atoms with Crippen molar-refractivity contribution in [3.05, 3.63) is 28.2 Å². The van der Waals surface area contributed by atoms with Crippen molar-refractivity contribution in [2.45, 2.75) is 51.2 Å². The van der Waals surface area contributed by atoms with E-state index in [1.54, 1.807) is 16.8 Å². The summed E-state index contributed by atoms with van der Waals surface area (Å²) in [6.45, 7) is 8.22. The Morgan fingerprint density at radius 1 is 1.04 bits per heavy atom. The van der Waals surface area contributed by atoms with Crippen molar-refractivity contribution in [3.63, 3.8) is 0 Å². The van der Waals surface area contributed by atoms with Crippen molar-refractivity contribution in [3.8, 4) is 0 Å². The summed E-state index contributed by atoms with van der Waals surface area (Å²) in [4.78, 5) is 16.6. The third kappa shape index (κ3) is 4.65. The lowest BCUT2D eigenvalue weighted by atomic mass is 9.84. The van der Waals surface area contributed by atoms with Crippen molar-refractivity contribution in [2.24, 2.45) is 0 Å². The topological polar surface area (TPSA) is 61.6 Å². The zero-order valence-electron chi connectivity index (χ0n) is 14.8. The quantitative estimate of drug-likeness (QED) is 0.866. The Kier molecular flexibility index (Phi) is 5.69. The third-order valence-electron chi connectivity index (χ3n) is 5.40. The monoisotopic (exact) mass is 334 g/mol. The largest absolute Gasteiger partial charge is 0.389 e. The van der Waals surface area contributed by atoms with Gasteiger partial charge in [-0.15, -0.1) is 0 Å². The molecule has 1 aliphatic carbocycles. The average Bonchev–Trinajstić information content (AvgIpc) is 2.57. The zero-order chi connectivity index (χ0) is 17.0. The maximum absolute atomic E-state index is 11.8. The first kappa shape index (κ1) is 17.6. The van der Waals surface area contributed by atoms with Crippen molar-refractivity contribution < 1.29 is 5.11 Å². The van der Waals surface area contributed by atoms with Crippen LogP contribution in [0.4, 0.5) is 0 Å². The predicted molar refractivity (Wildman–Crippen MR) is 94.1 cm³/mol. The van der Waals surface area contributed by atoms with Gasteiger partial charge in [0.2, 0.25) is 0 Å². The number of piperazine rings is 1. The summed E-state index contributed by atoms with van der Waals surface area (Å²) in [5.74, 6) is 0. The first-order valence-electron chi connectivity index (χ1n) is 9.26. The molecule has 3 rings (SSSR count). The lowest BCUT2D eigenvalue weighted by molar-refractivity contribution is -0.0356. The highest BCUT2D eigenvalue weighted by Gasteiger charge is 2.32. The molecule has 1 aromatic rings. The van der Waals surface area contributed by atoms with Crippen LogP contribution in [0.1, 0.15) is 37.8 Å². The second-order valence-electron chi connectivity index (χ2n) is 7.44. The summed E-state index contributed by atoms with van der Waals surface area (Å²) >= 11 is 0. The maximum atomic E-state index is 11.8. The van der Waals surface area contributed by atoms with Crippen molar-refractivity contribution in [1.29, 1.82) is 0 Å². The minimum atomic E-state index is -0.459. The van der Waals surface area contributed by atoms with Crippen molar-refractivity contribution in [2.75, 3.05) is 39.3 Å². The molecule has 1 saturated heterocycles. The number of aromatic nitrogens is 2. The number of rotatable bonds is 5. The van der Waals surface area contributed by atoms with Gasteiger partial charge in [0.1, 0.15) is 0 Å². The summed E-state index contributed by atoms with van der Waals surface area (Å²) in [5.41, 5.74) is 0.387. The Hall–Kier alpha value is -1.24. The molecule has 2 heterocycles. The fourth-order valence-electron chi connectivity index (χ4n) is 3.90. The Bertz CT molecular complexity index is 587. The molecule has 24 heavy (non-hydrogen) atoms. The van der Waals surface area contributed by atoms with Crippen LogP contribution in [-0.2, 0) is 6.54 Å². The normalized spacial score (nSPS) is 22.6. The zero-order valence-corrected chi connectivity index (χ0v) is 14.8. The summed E-state index contributed by atoms with van der Waals surface area (Å²) in [6, 6.07) is 3.35. The molecule has 6 heteroatoms. The molecule has 2 aliphatic rings. The lowest BCUT2D eigenvalue weighted by Crippen LogP contribution is -2.53. The Morgan fingerprint density at radius 3 is 2.42 bits per heavy atom. The van der Waals surface area contributed by atoms with E-state index in [2.05, 4.69) is 14.9 Å². The molecule has 0 atom stereocenters. The van der Waals surface area contributed by atoms with E-state index in [0.29, 0.717) is 6.54 Å². The molecule has 1 aromatic heterocycles. The highest BCUT2D eigenvalue weighted by molar-refractivity contribution is 4.97. The van der Waals surface area contributed by atoms with E-state index in [1.807, 2.05) is 6.92 Å². The van der Waals surface area contributed by atoms with E-state index in [4.69, 9.17) is 0 Å². The molecule has 1 aliphatic heterocycles. The number of hydrogen-bond acceptors (Lipinski definition) is 5. The minimum Gasteiger partial charge on any atom is -0.389 e. The van der Waals surface area contributed by atoms with E-state index in [-0.39, 0.29) is 5.56 Å². The number of aliphatic hydroxyl groups is 1. The van der Waals surface area contributed by atoms with Gasteiger partial charge in [-0.2, -0.15) is 5.10 Å². The molecular weight excluding hydrogens is 304 g/mol.